The van der Waals surface area contributed by atoms with Gasteiger partial charge in [-0.05, 0) is 24.3 Å². The molecular weight excluding hydrogens is 236 g/mol. The summed E-state index contributed by atoms with van der Waals surface area (Å²) in [6.45, 7) is 0. The lowest BCUT2D eigenvalue weighted by atomic mass is 10.2. The van der Waals surface area contributed by atoms with Gasteiger partial charge in [0, 0.05) is 0 Å². The number of anilines is 1. The van der Waals surface area contributed by atoms with Gasteiger partial charge in [0.1, 0.15) is 5.75 Å². The predicted octanol–water partition coefficient (Wildman–Crippen LogP) is 0.961. The first-order valence-corrected chi connectivity index (χ1v) is 5.28. The molecule has 94 valence electrons. The summed E-state index contributed by atoms with van der Waals surface area (Å²) in [4.78, 5) is 23.0. The number of esters is 1. The van der Waals surface area contributed by atoms with E-state index in [1.807, 2.05) is 0 Å². The lowest BCUT2D eigenvalue weighted by Crippen LogP contribution is -2.19. The van der Waals surface area contributed by atoms with Crippen LogP contribution in [0.3, 0.4) is 0 Å². The van der Waals surface area contributed by atoms with Crippen molar-refractivity contribution in [2.45, 2.75) is 6.42 Å². The molecule has 1 aliphatic heterocycles. The Morgan fingerprint density at radius 3 is 2.50 bits per heavy atom. The Balaban J connectivity index is 2.24. The highest BCUT2D eigenvalue weighted by atomic mass is 16.5. The quantitative estimate of drug-likeness (QED) is 0.747. The van der Waals surface area contributed by atoms with Gasteiger partial charge in [-0.1, -0.05) is 0 Å². The normalized spacial score (nSPS) is 14.4. The van der Waals surface area contributed by atoms with Gasteiger partial charge in [-0.3, -0.25) is 4.79 Å². The smallest absolute Gasteiger partial charge is 0.354 e. The van der Waals surface area contributed by atoms with Crippen LogP contribution in [-0.4, -0.2) is 31.8 Å². The summed E-state index contributed by atoms with van der Waals surface area (Å²) in [6, 6.07) is 6.82. The van der Waals surface area contributed by atoms with Gasteiger partial charge in [-0.25, -0.2) is 4.79 Å². The van der Waals surface area contributed by atoms with Crippen molar-refractivity contribution in [2.75, 3.05) is 19.2 Å². The fourth-order valence-electron chi connectivity index (χ4n) is 1.59. The number of hydrogen-bond acceptors (Lipinski definition) is 5. The summed E-state index contributed by atoms with van der Waals surface area (Å²) in [5.41, 5.74) is 0.693. The molecule has 0 aromatic heterocycles. The molecule has 0 spiro atoms. The van der Waals surface area contributed by atoms with Crippen molar-refractivity contribution in [1.82, 2.24) is 0 Å². The van der Waals surface area contributed by atoms with Crippen molar-refractivity contribution in [1.29, 1.82) is 0 Å². The number of carbonyl (C=O) groups is 2. The van der Waals surface area contributed by atoms with Gasteiger partial charge in [0.05, 0.1) is 26.3 Å². The van der Waals surface area contributed by atoms with E-state index < -0.39 is 5.97 Å². The van der Waals surface area contributed by atoms with Crippen LogP contribution in [0.2, 0.25) is 0 Å². The average Bonchev–Trinajstić information content (AvgIpc) is 2.80. The second kappa shape index (κ2) is 4.87. The van der Waals surface area contributed by atoms with Crippen molar-refractivity contribution in [3.8, 4) is 5.75 Å². The van der Waals surface area contributed by atoms with Crippen LogP contribution in [0.15, 0.2) is 29.4 Å². The Kier molecular flexibility index (Phi) is 3.27. The van der Waals surface area contributed by atoms with E-state index in [1.165, 1.54) is 12.1 Å². The number of amides is 1. The van der Waals surface area contributed by atoms with E-state index in [0.29, 0.717) is 11.4 Å². The molecule has 6 heteroatoms. The van der Waals surface area contributed by atoms with Gasteiger partial charge in [0.2, 0.25) is 0 Å². The maximum absolute atomic E-state index is 11.7. The molecular formula is C12H12N2O4. The Bertz CT molecular complexity index is 507. The van der Waals surface area contributed by atoms with Crippen LogP contribution >= 0.6 is 0 Å². The molecule has 0 fully saturated rings. The van der Waals surface area contributed by atoms with Crippen LogP contribution in [0.5, 0.6) is 5.75 Å². The Morgan fingerprint density at radius 1 is 1.28 bits per heavy atom. The molecule has 0 saturated carbocycles. The number of methoxy groups -OCH3 is 2. The number of carbonyl (C=O) groups excluding carboxylic acids is 2. The minimum Gasteiger partial charge on any atom is -0.497 e. The van der Waals surface area contributed by atoms with Gasteiger partial charge < -0.3 is 9.47 Å². The highest BCUT2D eigenvalue weighted by Gasteiger charge is 2.29. The highest BCUT2D eigenvalue weighted by Crippen LogP contribution is 2.23. The number of benzene rings is 1. The maximum atomic E-state index is 11.7. The summed E-state index contributed by atoms with van der Waals surface area (Å²) in [5.74, 6) is -0.164. The Morgan fingerprint density at radius 2 is 1.94 bits per heavy atom. The van der Waals surface area contributed by atoms with Gasteiger partial charge >= 0.3 is 5.97 Å². The lowest BCUT2D eigenvalue weighted by molar-refractivity contribution is -0.133. The SMILES string of the molecule is COC(=O)C1=NN(c2ccc(OC)cc2)C(=O)C1. The van der Waals surface area contributed by atoms with Crippen molar-refractivity contribution in [3.63, 3.8) is 0 Å². The molecule has 6 nitrogen and oxygen atoms in total. The fraction of sp³-hybridized carbons (Fsp3) is 0.250. The number of hydrogen-bond donors (Lipinski definition) is 0. The standard InChI is InChI=1S/C12H12N2O4/c1-17-9-5-3-8(4-6-9)14-11(15)7-10(13-14)12(16)18-2/h3-6H,7H2,1-2H3. The van der Waals surface area contributed by atoms with Crippen molar-refractivity contribution in [2.24, 2.45) is 5.10 Å². The molecule has 1 amide bonds. The molecule has 2 rings (SSSR count). The second-order valence-electron chi connectivity index (χ2n) is 3.62. The molecule has 0 radical (unpaired) electrons. The monoisotopic (exact) mass is 248 g/mol. The summed E-state index contributed by atoms with van der Waals surface area (Å²) in [7, 11) is 2.81. The van der Waals surface area contributed by atoms with E-state index in [2.05, 4.69) is 9.84 Å². The number of hydrazone groups is 1. The minimum absolute atomic E-state index is 0.0430. The van der Waals surface area contributed by atoms with Crippen molar-refractivity contribution >= 4 is 23.3 Å². The third-order valence-electron chi connectivity index (χ3n) is 2.51. The van der Waals surface area contributed by atoms with Crippen LogP contribution in [0.1, 0.15) is 6.42 Å². The Hall–Kier alpha value is -2.37. The highest BCUT2D eigenvalue weighted by molar-refractivity contribution is 6.42. The first kappa shape index (κ1) is 12.1. The zero-order valence-electron chi connectivity index (χ0n) is 10.0. The maximum Gasteiger partial charge on any atom is 0.354 e. The third-order valence-corrected chi connectivity index (χ3v) is 2.51. The van der Waals surface area contributed by atoms with Crippen LogP contribution in [-0.2, 0) is 14.3 Å². The van der Waals surface area contributed by atoms with E-state index in [0.717, 1.165) is 0 Å². The minimum atomic E-state index is -0.584. The first-order valence-electron chi connectivity index (χ1n) is 5.28. The molecule has 0 unspecified atom stereocenters. The summed E-state index contributed by atoms with van der Waals surface area (Å²) in [5, 5.41) is 5.14. The van der Waals surface area contributed by atoms with Crippen LogP contribution in [0.25, 0.3) is 0 Å². The number of ether oxygens (including phenoxy) is 2. The molecule has 18 heavy (non-hydrogen) atoms. The topological polar surface area (TPSA) is 68.2 Å². The fourth-order valence-corrected chi connectivity index (χ4v) is 1.59. The largest absolute Gasteiger partial charge is 0.497 e. The van der Waals surface area contributed by atoms with Crippen LogP contribution in [0, 0.1) is 0 Å². The van der Waals surface area contributed by atoms with Crippen molar-refractivity contribution < 1.29 is 19.1 Å². The lowest BCUT2D eigenvalue weighted by Gasteiger charge is -2.11. The predicted molar refractivity (Wildman–Crippen MR) is 64.5 cm³/mol. The summed E-state index contributed by atoms with van der Waals surface area (Å²) < 4.78 is 9.56. The molecule has 1 aromatic rings. The molecule has 1 heterocycles. The van der Waals surface area contributed by atoms with Gasteiger partial charge in [-0.15, -0.1) is 0 Å². The summed E-state index contributed by atoms with van der Waals surface area (Å²) >= 11 is 0. The molecule has 0 aliphatic carbocycles. The van der Waals surface area contributed by atoms with Crippen molar-refractivity contribution in [3.05, 3.63) is 24.3 Å². The van der Waals surface area contributed by atoms with E-state index >= 15 is 0 Å². The van der Waals surface area contributed by atoms with E-state index in [-0.39, 0.29) is 18.0 Å². The second-order valence-corrected chi connectivity index (χ2v) is 3.62. The molecule has 1 aromatic carbocycles. The first-order chi connectivity index (χ1) is 8.65. The average molecular weight is 248 g/mol. The van der Waals surface area contributed by atoms with Gasteiger partial charge in [-0.2, -0.15) is 10.1 Å². The molecule has 0 saturated heterocycles. The molecule has 0 bridgehead atoms. The van der Waals surface area contributed by atoms with Crippen LogP contribution in [0.4, 0.5) is 5.69 Å². The van der Waals surface area contributed by atoms with Gasteiger partial charge in [0.15, 0.2) is 5.71 Å². The van der Waals surface area contributed by atoms with Gasteiger partial charge in [0.25, 0.3) is 5.91 Å². The molecule has 0 N–H and O–H groups in total. The zero-order valence-corrected chi connectivity index (χ0v) is 10.0. The number of nitrogens with zero attached hydrogens (tertiary/aromatic N) is 2. The molecule has 0 atom stereocenters. The van der Waals surface area contributed by atoms with E-state index in [4.69, 9.17) is 4.74 Å². The third kappa shape index (κ3) is 2.17. The van der Waals surface area contributed by atoms with E-state index in [9.17, 15) is 9.59 Å². The Labute approximate surface area is 104 Å². The van der Waals surface area contributed by atoms with Crippen LogP contribution < -0.4 is 9.75 Å². The zero-order chi connectivity index (χ0) is 13.1. The molecule has 1 aliphatic rings. The van der Waals surface area contributed by atoms with E-state index in [1.54, 1.807) is 31.4 Å². The summed E-state index contributed by atoms with van der Waals surface area (Å²) in [6.07, 6.45) is -0.0430. The number of rotatable bonds is 3.